The Balaban J connectivity index is 1.75. The van der Waals surface area contributed by atoms with Crippen molar-refractivity contribution in [3.63, 3.8) is 0 Å². The Morgan fingerprint density at radius 3 is 2.25 bits per heavy atom. The quantitative estimate of drug-likeness (QED) is 0.530. The number of likely N-dealkylation sites (tertiary alicyclic amines) is 1. The molecule has 32 heavy (non-hydrogen) atoms. The Morgan fingerprint density at radius 1 is 1.00 bits per heavy atom. The maximum atomic E-state index is 14.8. The van der Waals surface area contributed by atoms with Gasteiger partial charge in [-0.2, -0.15) is 0 Å². The molecule has 1 heterocycles. The molecule has 7 heteroatoms. The number of hydrogen-bond donors (Lipinski definition) is 0. The van der Waals surface area contributed by atoms with Gasteiger partial charge in [-0.15, -0.1) is 0 Å². The predicted octanol–water partition coefficient (Wildman–Crippen LogP) is 5.83. The van der Waals surface area contributed by atoms with Crippen LogP contribution in [0.25, 0.3) is 0 Å². The van der Waals surface area contributed by atoms with Crippen LogP contribution in [0.2, 0.25) is 0 Å². The summed E-state index contributed by atoms with van der Waals surface area (Å²) in [5.41, 5.74) is -0.515. The van der Waals surface area contributed by atoms with Crippen LogP contribution in [0.3, 0.4) is 0 Å². The molecule has 1 amide bonds. The minimum absolute atomic E-state index is 0.0674. The van der Waals surface area contributed by atoms with E-state index in [9.17, 15) is 14.0 Å². The van der Waals surface area contributed by atoms with Crippen molar-refractivity contribution in [2.24, 2.45) is 0 Å². The fraction of sp³-hybridized carbons (Fsp3) is 0.680. The zero-order chi connectivity index (χ0) is 23.7. The van der Waals surface area contributed by atoms with Crippen molar-refractivity contribution < 1.29 is 28.2 Å². The van der Waals surface area contributed by atoms with Gasteiger partial charge in [-0.25, -0.2) is 14.0 Å². The van der Waals surface area contributed by atoms with E-state index in [-0.39, 0.29) is 30.2 Å². The third-order valence-corrected chi connectivity index (χ3v) is 5.42. The number of amides is 1. The number of nitrogens with zero attached hydrogens (tertiary/aromatic N) is 1. The first-order valence-electron chi connectivity index (χ1n) is 11.5. The molecule has 0 spiro atoms. The monoisotopic (exact) mass is 449 g/mol. The Kier molecular flexibility index (Phi) is 7.06. The number of ether oxygens (including phenoxy) is 3. The second-order valence-corrected chi connectivity index (χ2v) is 10.8. The van der Waals surface area contributed by atoms with Gasteiger partial charge < -0.3 is 19.1 Å². The van der Waals surface area contributed by atoms with Crippen molar-refractivity contribution in [1.82, 2.24) is 4.90 Å². The third-order valence-electron chi connectivity index (χ3n) is 5.42. The molecular weight excluding hydrogens is 413 g/mol. The number of carbonyl (C=O) groups is 2. The summed E-state index contributed by atoms with van der Waals surface area (Å²) >= 11 is 0. The Morgan fingerprint density at radius 2 is 1.66 bits per heavy atom. The minimum Gasteiger partial charge on any atom is -0.491 e. The lowest BCUT2D eigenvalue weighted by molar-refractivity contribution is 0.00292. The molecule has 2 aliphatic rings. The highest BCUT2D eigenvalue weighted by Crippen LogP contribution is 2.45. The molecule has 1 unspecified atom stereocenters. The standard InChI is InChI=1S/C25H36FNO5/c1-24(2,3)31-22(28)19-13-18(16-10-11-16)21(14-20(19)26)30-15-17-9-7-8-12-27(17)23(29)32-25(4,5)6/h13-14,16-17H,7-12,15H2,1-6H3. The van der Waals surface area contributed by atoms with Crippen LogP contribution in [-0.2, 0) is 9.47 Å². The van der Waals surface area contributed by atoms with Crippen LogP contribution in [0.5, 0.6) is 5.75 Å². The van der Waals surface area contributed by atoms with Gasteiger partial charge >= 0.3 is 12.1 Å². The van der Waals surface area contributed by atoms with E-state index in [4.69, 9.17) is 14.2 Å². The number of rotatable bonds is 5. The molecule has 0 N–H and O–H groups in total. The number of esters is 1. The van der Waals surface area contributed by atoms with Crippen LogP contribution in [0.15, 0.2) is 12.1 Å². The summed E-state index contributed by atoms with van der Waals surface area (Å²) in [6.07, 6.45) is 4.32. The maximum Gasteiger partial charge on any atom is 0.410 e. The van der Waals surface area contributed by atoms with Crippen LogP contribution >= 0.6 is 0 Å². The molecule has 0 aromatic heterocycles. The third kappa shape index (κ3) is 6.59. The molecule has 1 aliphatic carbocycles. The lowest BCUT2D eigenvalue weighted by Crippen LogP contribution is -2.48. The van der Waals surface area contributed by atoms with E-state index in [1.54, 1.807) is 31.7 Å². The van der Waals surface area contributed by atoms with E-state index in [0.29, 0.717) is 12.3 Å². The van der Waals surface area contributed by atoms with Gasteiger partial charge in [0.25, 0.3) is 0 Å². The highest BCUT2D eigenvalue weighted by atomic mass is 19.1. The summed E-state index contributed by atoms with van der Waals surface area (Å²) in [4.78, 5) is 26.8. The van der Waals surface area contributed by atoms with Crippen LogP contribution < -0.4 is 4.74 Å². The fourth-order valence-electron chi connectivity index (χ4n) is 3.82. The molecule has 3 rings (SSSR count). The zero-order valence-electron chi connectivity index (χ0n) is 20.1. The maximum absolute atomic E-state index is 14.8. The zero-order valence-corrected chi connectivity index (χ0v) is 20.1. The summed E-state index contributed by atoms with van der Waals surface area (Å²) in [5, 5.41) is 0. The molecule has 1 saturated carbocycles. The second kappa shape index (κ2) is 9.28. The fourth-order valence-corrected chi connectivity index (χ4v) is 3.82. The van der Waals surface area contributed by atoms with Crippen molar-refractivity contribution >= 4 is 12.1 Å². The molecule has 1 aliphatic heterocycles. The second-order valence-electron chi connectivity index (χ2n) is 10.8. The summed E-state index contributed by atoms with van der Waals surface area (Å²) < 4.78 is 31.8. The van der Waals surface area contributed by atoms with Gasteiger partial charge in [-0.05, 0) is 91.2 Å². The van der Waals surface area contributed by atoms with Crippen LogP contribution in [0.1, 0.15) is 95.5 Å². The first kappa shape index (κ1) is 24.3. The largest absolute Gasteiger partial charge is 0.491 e. The number of carbonyl (C=O) groups excluding carboxylic acids is 2. The van der Waals surface area contributed by atoms with Crippen molar-refractivity contribution in [2.45, 2.75) is 96.8 Å². The van der Waals surface area contributed by atoms with E-state index in [1.807, 2.05) is 20.8 Å². The molecule has 2 fully saturated rings. The van der Waals surface area contributed by atoms with Gasteiger partial charge in [-0.3, -0.25) is 0 Å². The lowest BCUT2D eigenvalue weighted by atomic mass is 10.0. The van der Waals surface area contributed by atoms with Crippen LogP contribution in [0, 0.1) is 5.82 Å². The molecule has 0 bridgehead atoms. The van der Waals surface area contributed by atoms with Gasteiger partial charge in [0.05, 0.1) is 11.6 Å². The predicted molar refractivity (Wildman–Crippen MR) is 120 cm³/mol. The summed E-state index contributed by atoms with van der Waals surface area (Å²) in [6.45, 7) is 11.7. The first-order valence-corrected chi connectivity index (χ1v) is 11.5. The SMILES string of the molecule is CC(C)(C)OC(=O)c1cc(C2CC2)c(OCC2CCCCN2C(=O)OC(C)(C)C)cc1F. The van der Waals surface area contributed by atoms with E-state index < -0.39 is 23.0 Å². The molecule has 178 valence electrons. The van der Waals surface area contributed by atoms with Crippen LogP contribution in [-0.4, -0.2) is 47.4 Å². The van der Waals surface area contributed by atoms with Crippen LogP contribution in [0.4, 0.5) is 9.18 Å². The van der Waals surface area contributed by atoms with Crippen molar-refractivity contribution in [3.8, 4) is 5.75 Å². The minimum atomic E-state index is -0.704. The van der Waals surface area contributed by atoms with Gasteiger partial charge in [0.15, 0.2) is 0 Å². The molecule has 1 atom stereocenters. The lowest BCUT2D eigenvalue weighted by Gasteiger charge is -2.36. The van der Waals surface area contributed by atoms with Gasteiger partial charge in [-0.1, -0.05) is 0 Å². The van der Waals surface area contributed by atoms with E-state index in [2.05, 4.69) is 0 Å². The topological polar surface area (TPSA) is 65.1 Å². The molecular formula is C25H36FNO5. The Hall–Kier alpha value is -2.31. The summed E-state index contributed by atoms with van der Waals surface area (Å²) in [6, 6.07) is 2.72. The highest BCUT2D eigenvalue weighted by Gasteiger charge is 2.33. The number of benzene rings is 1. The average Bonchev–Trinajstić information content (AvgIpc) is 3.48. The van der Waals surface area contributed by atoms with Gasteiger partial charge in [0, 0.05) is 12.6 Å². The molecule has 1 saturated heterocycles. The van der Waals surface area contributed by atoms with E-state index in [0.717, 1.165) is 37.7 Å². The average molecular weight is 450 g/mol. The van der Waals surface area contributed by atoms with Gasteiger partial charge in [0.1, 0.15) is 29.4 Å². The van der Waals surface area contributed by atoms with Crippen molar-refractivity contribution in [1.29, 1.82) is 0 Å². The Bertz CT molecular complexity index is 851. The molecule has 1 aromatic rings. The van der Waals surface area contributed by atoms with Crippen molar-refractivity contribution in [3.05, 3.63) is 29.1 Å². The van der Waals surface area contributed by atoms with Crippen molar-refractivity contribution in [2.75, 3.05) is 13.2 Å². The van der Waals surface area contributed by atoms with E-state index >= 15 is 0 Å². The normalized spacial score (nSPS) is 19.5. The van der Waals surface area contributed by atoms with Gasteiger partial charge in [0.2, 0.25) is 0 Å². The Labute approximate surface area is 190 Å². The number of piperidine rings is 1. The number of halogens is 1. The molecule has 0 radical (unpaired) electrons. The molecule has 6 nitrogen and oxygen atoms in total. The highest BCUT2D eigenvalue weighted by molar-refractivity contribution is 5.90. The summed E-state index contributed by atoms with van der Waals surface area (Å²) in [5.74, 6) is -0.648. The molecule has 1 aromatic carbocycles. The van der Waals surface area contributed by atoms with E-state index in [1.165, 1.54) is 6.07 Å². The summed E-state index contributed by atoms with van der Waals surface area (Å²) in [7, 11) is 0. The number of hydrogen-bond acceptors (Lipinski definition) is 5. The first-order chi connectivity index (χ1) is 14.8. The smallest absolute Gasteiger partial charge is 0.410 e.